The molecule has 0 aliphatic heterocycles. The van der Waals surface area contributed by atoms with Crippen molar-refractivity contribution in [3.05, 3.63) is 0 Å². The number of nitrogens with two attached hydrogens (primary N) is 1. The minimum Gasteiger partial charge on any atom is -0.465 e. The van der Waals surface area contributed by atoms with E-state index in [1.165, 1.54) is 6.92 Å². The highest BCUT2D eigenvalue weighted by Gasteiger charge is 2.14. The molecule has 0 fully saturated rings. The van der Waals surface area contributed by atoms with E-state index in [4.69, 9.17) is 5.73 Å². The molecule has 0 radical (unpaired) electrons. The summed E-state index contributed by atoms with van der Waals surface area (Å²) in [4.78, 5) is 32.3. The standard InChI is InChI=1S/C8H15N3O4/c1-3-15-6(12)4-10-5(2)7(13)11-8(9)14/h5,10H,3-4H2,1-2H3,(H3,9,11,13,14). The van der Waals surface area contributed by atoms with Gasteiger partial charge in [-0.1, -0.05) is 0 Å². The lowest BCUT2D eigenvalue weighted by atomic mass is 10.3. The molecule has 0 saturated heterocycles. The Morgan fingerprint density at radius 3 is 2.47 bits per heavy atom. The van der Waals surface area contributed by atoms with E-state index in [1.54, 1.807) is 6.92 Å². The minimum atomic E-state index is -0.926. The Hall–Kier alpha value is -1.63. The predicted molar refractivity (Wildman–Crippen MR) is 51.8 cm³/mol. The number of imide groups is 1. The second kappa shape index (κ2) is 6.77. The number of hydrogen-bond donors (Lipinski definition) is 3. The van der Waals surface area contributed by atoms with Crippen molar-refractivity contribution in [1.82, 2.24) is 10.6 Å². The molecule has 0 rings (SSSR count). The summed E-state index contributed by atoms with van der Waals surface area (Å²) in [5.41, 5.74) is 4.74. The van der Waals surface area contributed by atoms with Gasteiger partial charge in [0.2, 0.25) is 5.91 Å². The lowest BCUT2D eigenvalue weighted by Crippen LogP contribution is -2.47. The third-order valence-corrected chi connectivity index (χ3v) is 1.50. The highest BCUT2D eigenvalue weighted by atomic mass is 16.5. The van der Waals surface area contributed by atoms with Gasteiger partial charge in [0.1, 0.15) is 0 Å². The topological polar surface area (TPSA) is 111 Å². The molecule has 4 N–H and O–H groups in total. The Bertz CT molecular complexity index is 254. The van der Waals surface area contributed by atoms with Crippen LogP contribution in [0.5, 0.6) is 0 Å². The van der Waals surface area contributed by atoms with Gasteiger partial charge in [0.25, 0.3) is 0 Å². The van der Waals surface area contributed by atoms with Crippen LogP contribution in [0.25, 0.3) is 0 Å². The number of urea groups is 1. The fourth-order valence-electron chi connectivity index (χ4n) is 0.771. The highest BCUT2D eigenvalue weighted by Crippen LogP contribution is 1.83. The number of ether oxygens (including phenoxy) is 1. The lowest BCUT2D eigenvalue weighted by Gasteiger charge is -2.11. The van der Waals surface area contributed by atoms with E-state index in [-0.39, 0.29) is 13.2 Å². The molecule has 7 heteroatoms. The molecule has 0 heterocycles. The third kappa shape index (κ3) is 6.44. The van der Waals surface area contributed by atoms with Crippen molar-refractivity contribution in [2.75, 3.05) is 13.2 Å². The second-order valence-electron chi connectivity index (χ2n) is 2.76. The molecule has 1 atom stereocenters. The molecule has 0 aromatic rings. The van der Waals surface area contributed by atoms with Crippen molar-refractivity contribution in [3.8, 4) is 0 Å². The number of rotatable bonds is 5. The summed E-state index contributed by atoms with van der Waals surface area (Å²) in [6.07, 6.45) is 0. The van der Waals surface area contributed by atoms with Crippen LogP contribution in [0.15, 0.2) is 0 Å². The van der Waals surface area contributed by atoms with Crippen LogP contribution in [0.1, 0.15) is 13.8 Å². The van der Waals surface area contributed by atoms with Crippen molar-refractivity contribution in [2.24, 2.45) is 5.73 Å². The second-order valence-corrected chi connectivity index (χ2v) is 2.76. The smallest absolute Gasteiger partial charge is 0.319 e. The molecule has 15 heavy (non-hydrogen) atoms. The van der Waals surface area contributed by atoms with Crippen LogP contribution < -0.4 is 16.4 Å². The van der Waals surface area contributed by atoms with Gasteiger partial charge in [0, 0.05) is 0 Å². The molecule has 0 aliphatic rings. The van der Waals surface area contributed by atoms with E-state index in [9.17, 15) is 14.4 Å². The summed E-state index contributed by atoms with van der Waals surface area (Å²) in [5.74, 6) is -1.05. The van der Waals surface area contributed by atoms with Crippen LogP contribution in [-0.4, -0.2) is 37.1 Å². The average Bonchev–Trinajstić information content (AvgIpc) is 2.13. The van der Waals surface area contributed by atoms with Gasteiger partial charge < -0.3 is 10.5 Å². The number of carbonyl (C=O) groups excluding carboxylic acids is 3. The maximum absolute atomic E-state index is 11.1. The normalized spacial score (nSPS) is 11.6. The molecule has 7 nitrogen and oxygen atoms in total. The number of amides is 3. The average molecular weight is 217 g/mol. The Morgan fingerprint density at radius 2 is 2.00 bits per heavy atom. The first-order valence-corrected chi connectivity index (χ1v) is 4.46. The Kier molecular flexibility index (Phi) is 6.03. The van der Waals surface area contributed by atoms with Crippen molar-refractivity contribution < 1.29 is 19.1 Å². The van der Waals surface area contributed by atoms with Crippen LogP contribution in [0.2, 0.25) is 0 Å². The fraction of sp³-hybridized carbons (Fsp3) is 0.625. The molecule has 0 aliphatic carbocycles. The molecule has 0 spiro atoms. The van der Waals surface area contributed by atoms with Gasteiger partial charge in [0.05, 0.1) is 19.2 Å². The van der Waals surface area contributed by atoms with Gasteiger partial charge in [-0.15, -0.1) is 0 Å². The van der Waals surface area contributed by atoms with Crippen LogP contribution in [0.4, 0.5) is 4.79 Å². The Labute approximate surface area is 87.3 Å². The molecule has 86 valence electrons. The summed E-state index contributed by atoms with van der Waals surface area (Å²) >= 11 is 0. The Morgan fingerprint density at radius 1 is 1.40 bits per heavy atom. The molecular formula is C8H15N3O4. The lowest BCUT2D eigenvalue weighted by molar-refractivity contribution is -0.142. The summed E-state index contributed by atoms with van der Waals surface area (Å²) < 4.78 is 4.63. The minimum absolute atomic E-state index is 0.0960. The van der Waals surface area contributed by atoms with Gasteiger partial charge in [-0.25, -0.2) is 4.79 Å². The van der Waals surface area contributed by atoms with E-state index in [1.807, 2.05) is 5.32 Å². The molecule has 3 amide bonds. The van der Waals surface area contributed by atoms with Crippen molar-refractivity contribution in [3.63, 3.8) is 0 Å². The number of esters is 1. The molecule has 0 saturated carbocycles. The van der Waals surface area contributed by atoms with Crippen LogP contribution >= 0.6 is 0 Å². The number of nitrogens with one attached hydrogen (secondary N) is 2. The zero-order valence-electron chi connectivity index (χ0n) is 8.70. The monoisotopic (exact) mass is 217 g/mol. The highest BCUT2D eigenvalue weighted by molar-refractivity contribution is 5.96. The maximum Gasteiger partial charge on any atom is 0.319 e. The fourth-order valence-corrected chi connectivity index (χ4v) is 0.771. The van der Waals surface area contributed by atoms with E-state index in [0.717, 1.165) is 0 Å². The zero-order chi connectivity index (χ0) is 11.8. The van der Waals surface area contributed by atoms with Gasteiger partial charge in [-0.05, 0) is 13.8 Å². The first-order valence-electron chi connectivity index (χ1n) is 4.46. The van der Waals surface area contributed by atoms with Crippen molar-refractivity contribution in [1.29, 1.82) is 0 Å². The number of primary amides is 1. The van der Waals surface area contributed by atoms with E-state index in [2.05, 4.69) is 10.1 Å². The summed E-state index contributed by atoms with van der Waals surface area (Å²) in [7, 11) is 0. The predicted octanol–water partition coefficient (Wildman–Crippen LogP) is -1.28. The van der Waals surface area contributed by atoms with Gasteiger partial charge in [-0.3, -0.25) is 20.2 Å². The van der Waals surface area contributed by atoms with Gasteiger partial charge in [-0.2, -0.15) is 0 Å². The molecule has 0 bridgehead atoms. The number of hydrogen-bond acceptors (Lipinski definition) is 5. The third-order valence-electron chi connectivity index (χ3n) is 1.50. The molecule has 0 aromatic heterocycles. The molecular weight excluding hydrogens is 202 g/mol. The van der Waals surface area contributed by atoms with Crippen LogP contribution in [0, 0.1) is 0 Å². The van der Waals surface area contributed by atoms with E-state index >= 15 is 0 Å². The largest absolute Gasteiger partial charge is 0.465 e. The SMILES string of the molecule is CCOC(=O)CNC(C)C(=O)NC(N)=O. The summed E-state index contributed by atoms with van der Waals surface area (Å²) in [6, 6.07) is -1.62. The van der Waals surface area contributed by atoms with Crippen LogP contribution in [-0.2, 0) is 14.3 Å². The maximum atomic E-state index is 11.1. The first kappa shape index (κ1) is 13.4. The zero-order valence-corrected chi connectivity index (χ0v) is 8.70. The Balaban J connectivity index is 3.82. The van der Waals surface area contributed by atoms with Crippen molar-refractivity contribution in [2.45, 2.75) is 19.9 Å². The van der Waals surface area contributed by atoms with E-state index < -0.39 is 23.9 Å². The number of carbonyl (C=O) groups is 3. The van der Waals surface area contributed by atoms with Crippen molar-refractivity contribution >= 4 is 17.9 Å². The van der Waals surface area contributed by atoms with Gasteiger partial charge >= 0.3 is 12.0 Å². The van der Waals surface area contributed by atoms with Crippen LogP contribution in [0.3, 0.4) is 0 Å². The molecule has 0 aromatic carbocycles. The molecule has 1 unspecified atom stereocenters. The summed E-state index contributed by atoms with van der Waals surface area (Å²) in [6.45, 7) is 3.36. The quantitative estimate of drug-likeness (QED) is 0.497. The van der Waals surface area contributed by atoms with Gasteiger partial charge in [0.15, 0.2) is 0 Å². The summed E-state index contributed by atoms with van der Waals surface area (Å²) in [5, 5.41) is 4.46. The van der Waals surface area contributed by atoms with E-state index in [0.29, 0.717) is 0 Å². The first-order chi connectivity index (χ1) is 6.97.